The van der Waals surface area contributed by atoms with Crippen molar-refractivity contribution in [2.24, 2.45) is 0 Å². The Morgan fingerprint density at radius 2 is 2.41 bits per heavy atom. The largest absolute Gasteiger partial charge is 0.369 e. The van der Waals surface area contributed by atoms with Gasteiger partial charge < -0.3 is 5.32 Å². The third-order valence-electron chi connectivity index (χ3n) is 1.99. The maximum absolute atomic E-state index is 10.6. The Hall–Kier alpha value is -1.74. The topological polar surface area (TPSA) is 68.1 Å². The van der Waals surface area contributed by atoms with E-state index in [1.54, 1.807) is 24.8 Å². The maximum Gasteiger partial charge on any atom is 0.290 e. The smallest absolute Gasteiger partial charge is 0.290 e. The van der Waals surface area contributed by atoms with Gasteiger partial charge in [-0.05, 0) is 13.0 Å². The summed E-state index contributed by atoms with van der Waals surface area (Å²) in [4.78, 5) is 14.3. The van der Waals surface area contributed by atoms with Gasteiger partial charge in [0.25, 0.3) is 5.69 Å². The summed E-state index contributed by atoms with van der Waals surface area (Å²) in [7, 11) is 0. The van der Waals surface area contributed by atoms with Gasteiger partial charge in [-0.2, -0.15) is 0 Å². The Morgan fingerprint density at radius 1 is 1.65 bits per heavy atom. The fourth-order valence-electron chi connectivity index (χ4n) is 1.23. The molecule has 0 saturated carbocycles. The molecular weight excluding hydrogens is 238 g/mol. The van der Waals surface area contributed by atoms with Crippen molar-refractivity contribution in [1.29, 1.82) is 0 Å². The van der Waals surface area contributed by atoms with E-state index >= 15 is 0 Å². The van der Waals surface area contributed by atoms with Gasteiger partial charge in [-0.1, -0.05) is 5.92 Å². The molecular formula is C11H13N3O2S. The molecule has 0 aliphatic rings. The van der Waals surface area contributed by atoms with Gasteiger partial charge in [0.2, 0.25) is 0 Å². The number of hydrogen-bond donors (Lipinski definition) is 1. The molecule has 1 aromatic rings. The van der Waals surface area contributed by atoms with Crippen molar-refractivity contribution >= 4 is 23.3 Å². The van der Waals surface area contributed by atoms with Crippen LogP contribution < -0.4 is 5.32 Å². The molecule has 1 N–H and O–H groups in total. The molecule has 1 rings (SSSR count). The van der Waals surface area contributed by atoms with E-state index in [-0.39, 0.29) is 5.69 Å². The van der Waals surface area contributed by atoms with Crippen LogP contribution in [-0.2, 0) is 0 Å². The summed E-state index contributed by atoms with van der Waals surface area (Å²) in [5.41, 5.74) is 0.452. The van der Waals surface area contributed by atoms with Gasteiger partial charge in [0.1, 0.15) is 11.5 Å². The first-order valence-corrected chi connectivity index (χ1v) is 6.17. The van der Waals surface area contributed by atoms with Crippen molar-refractivity contribution in [2.45, 2.75) is 6.92 Å². The summed E-state index contributed by atoms with van der Waals surface area (Å²) in [5.74, 6) is 4.75. The van der Waals surface area contributed by atoms with Crippen molar-refractivity contribution in [3.63, 3.8) is 0 Å². The molecule has 0 bridgehead atoms. The SMILES string of the molecule is C#CCSCCNc1ccc([N+](=O)[O-])c(C)n1. The predicted octanol–water partition coefficient (Wildman–Crippen LogP) is 2.08. The van der Waals surface area contributed by atoms with Gasteiger partial charge in [-0.15, -0.1) is 18.2 Å². The van der Waals surface area contributed by atoms with Crippen LogP contribution in [0.5, 0.6) is 0 Å². The summed E-state index contributed by atoms with van der Waals surface area (Å²) in [6.07, 6.45) is 5.12. The molecule has 0 fully saturated rings. The summed E-state index contributed by atoms with van der Waals surface area (Å²) in [5, 5.41) is 13.7. The van der Waals surface area contributed by atoms with Crippen LogP contribution in [0, 0.1) is 29.4 Å². The molecule has 5 nitrogen and oxygen atoms in total. The summed E-state index contributed by atoms with van der Waals surface area (Å²) < 4.78 is 0. The zero-order chi connectivity index (χ0) is 12.7. The second kappa shape index (κ2) is 6.76. The average molecular weight is 251 g/mol. The van der Waals surface area contributed by atoms with Gasteiger partial charge in [-0.3, -0.25) is 10.1 Å². The van der Waals surface area contributed by atoms with Crippen LogP contribution in [0.25, 0.3) is 0 Å². The average Bonchev–Trinajstić information content (AvgIpc) is 2.28. The quantitative estimate of drug-likeness (QED) is 0.363. The minimum Gasteiger partial charge on any atom is -0.369 e. The van der Waals surface area contributed by atoms with Crippen LogP contribution in [0.3, 0.4) is 0 Å². The Kier molecular flexibility index (Phi) is 5.30. The molecule has 1 heterocycles. The minimum atomic E-state index is -0.436. The van der Waals surface area contributed by atoms with E-state index < -0.39 is 4.92 Å². The predicted molar refractivity (Wildman–Crippen MR) is 70.3 cm³/mol. The maximum atomic E-state index is 10.6. The number of nitrogens with one attached hydrogen (secondary N) is 1. The molecule has 17 heavy (non-hydrogen) atoms. The summed E-state index contributed by atoms with van der Waals surface area (Å²) in [6, 6.07) is 3.07. The first-order chi connectivity index (χ1) is 8.15. The Morgan fingerprint density at radius 3 is 3.00 bits per heavy atom. The third-order valence-corrected chi connectivity index (χ3v) is 2.86. The molecule has 0 saturated heterocycles. The van der Waals surface area contributed by atoms with Crippen LogP contribution in [-0.4, -0.2) is 28.0 Å². The van der Waals surface area contributed by atoms with E-state index in [1.165, 1.54) is 6.07 Å². The fourth-order valence-corrected chi connectivity index (χ4v) is 1.74. The van der Waals surface area contributed by atoms with Crippen molar-refractivity contribution in [3.05, 3.63) is 27.9 Å². The second-order valence-corrected chi connectivity index (χ2v) is 4.35. The monoisotopic (exact) mass is 251 g/mol. The molecule has 0 unspecified atom stereocenters. The standard InChI is InChI=1S/C11H13N3O2S/c1-3-7-17-8-6-12-11-5-4-10(14(15)16)9(2)13-11/h1,4-5H,6-8H2,2H3,(H,12,13). The number of anilines is 1. The lowest BCUT2D eigenvalue weighted by molar-refractivity contribution is -0.385. The molecule has 6 heteroatoms. The van der Waals surface area contributed by atoms with E-state index in [4.69, 9.17) is 6.42 Å². The molecule has 0 aromatic carbocycles. The van der Waals surface area contributed by atoms with E-state index in [0.717, 1.165) is 12.3 Å². The van der Waals surface area contributed by atoms with Gasteiger partial charge in [0.15, 0.2) is 0 Å². The Labute approximate surface area is 104 Å². The lowest BCUT2D eigenvalue weighted by Gasteiger charge is -2.05. The van der Waals surface area contributed by atoms with Crippen LogP contribution in [0.4, 0.5) is 11.5 Å². The number of thioether (sulfide) groups is 1. The molecule has 0 amide bonds. The van der Waals surface area contributed by atoms with E-state index in [0.29, 0.717) is 17.3 Å². The van der Waals surface area contributed by atoms with Crippen molar-refractivity contribution < 1.29 is 4.92 Å². The number of nitro groups is 1. The lowest BCUT2D eigenvalue weighted by atomic mass is 10.3. The lowest BCUT2D eigenvalue weighted by Crippen LogP contribution is -2.07. The number of rotatable bonds is 6. The van der Waals surface area contributed by atoms with Crippen LogP contribution in [0.2, 0.25) is 0 Å². The Balaban J connectivity index is 2.48. The van der Waals surface area contributed by atoms with Crippen molar-refractivity contribution in [3.8, 4) is 12.3 Å². The van der Waals surface area contributed by atoms with Gasteiger partial charge in [0, 0.05) is 18.4 Å². The second-order valence-electron chi connectivity index (χ2n) is 3.24. The highest BCUT2D eigenvalue weighted by molar-refractivity contribution is 7.99. The summed E-state index contributed by atoms with van der Waals surface area (Å²) >= 11 is 1.65. The molecule has 0 radical (unpaired) electrons. The summed E-state index contributed by atoms with van der Waals surface area (Å²) in [6.45, 7) is 2.35. The minimum absolute atomic E-state index is 0.0391. The molecule has 0 atom stereocenters. The molecule has 90 valence electrons. The number of terminal acetylenes is 1. The zero-order valence-corrected chi connectivity index (χ0v) is 10.3. The number of pyridine rings is 1. The first-order valence-electron chi connectivity index (χ1n) is 5.02. The first kappa shape index (κ1) is 13.3. The van der Waals surface area contributed by atoms with Crippen LogP contribution >= 0.6 is 11.8 Å². The third kappa shape index (κ3) is 4.33. The normalized spacial score (nSPS) is 9.65. The van der Waals surface area contributed by atoms with Crippen LogP contribution in [0.15, 0.2) is 12.1 Å². The fraction of sp³-hybridized carbons (Fsp3) is 0.364. The number of aryl methyl sites for hydroxylation is 1. The molecule has 0 aliphatic heterocycles. The number of hydrogen-bond acceptors (Lipinski definition) is 5. The van der Waals surface area contributed by atoms with E-state index in [2.05, 4.69) is 16.2 Å². The highest BCUT2D eigenvalue weighted by Gasteiger charge is 2.11. The van der Waals surface area contributed by atoms with Crippen LogP contribution in [0.1, 0.15) is 5.69 Å². The van der Waals surface area contributed by atoms with E-state index in [9.17, 15) is 10.1 Å². The molecule has 1 aromatic heterocycles. The number of nitrogens with zero attached hydrogens (tertiary/aromatic N) is 2. The zero-order valence-electron chi connectivity index (χ0n) is 9.47. The Bertz CT molecular complexity index is 443. The highest BCUT2D eigenvalue weighted by Crippen LogP contribution is 2.17. The van der Waals surface area contributed by atoms with Gasteiger partial charge in [0.05, 0.1) is 10.7 Å². The molecule has 0 spiro atoms. The van der Waals surface area contributed by atoms with Crippen molar-refractivity contribution in [1.82, 2.24) is 4.98 Å². The van der Waals surface area contributed by atoms with Gasteiger partial charge >= 0.3 is 0 Å². The van der Waals surface area contributed by atoms with Crippen molar-refractivity contribution in [2.75, 3.05) is 23.4 Å². The number of aromatic nitrogens is 1. The highest BCUT2D eigenvalue weighted by atomic mass is 32.2. The molecule has 0 aliphatic carbocycles. The van der Waals surface area contributed by atoms with Gasteiger partial charge in [-0.25, -0.2) is 4.98 Å². The van der Waals surface area contributed by atoms with E-state index in [1.807, 2.05) is 0 Å².